The molecule has 0 aliphatic heterocycles. The smallest absolute Gasteiger partial charge is 0.399 e. The van der Waals surface area contributed by atoms with Crippen LogP contribution in [0.4, 0.5) is 11.4 Å². The first kappa shape index (κ1) is 13.0. The van der Waals surface area contributed by atoms with Crippen LogP contribution in [-0.2, 0) is 10.4 Å². The molecule has 0 bridgehead atoms. The number of nitrogens with two attached hydrogens (primary N) is 2. The summed E-state index contributed by atoms with van der Waals surface area (Å²) >= 11 is 0. The molecule has 0 spiro atoms. The fourth-order valence-corrected chi connectivity index (χ4v) is 2.03. The van der Waals surface area contributed by atoms with Crippen LogP contribution in [-0.4, -0.2) is 8.42 Å². The van der Waals surface area contributed by atoms with Gasteiger partial charge >= 0.3 is 10.4 Å². The van der Waals surface area contributed by atoms with Crippen LogP contribution in [0.5, 0.6) is 11.5 Å². The van der Waals surface area contributed by atoms with E-state index in [-0.39, 0.29) is 11.5 Å². The van der Waals surface area contributed by atoms with E-state index < -0.39 is 10.4 Å². The number of rotatable bonds is 4. The molecule has 0 saturated heterocycles. The molecule has 2 aromatic carbocycles. The van der Waals surface area contributed by atoms with Crippen molar-refractivity contribution in [3.8, 4) is 11.5 Å². The summed E-state index contributed by atoms with van der Waals surface area (Å²) in [5.41, 5.74) is 12.0. The molecule has 0 fully saturated rings. The molecular weight excluding hydrogens is 268 g/mol. The van der Waals surface area contributed by atoms with Gasteiger partial charge in [-0.2, -0.15) is 0 Å². The highest BCUT2D eigenvalue weighted by molar-refractivity contribution is 7.82. The Hall–Kier alpha value is -2.41. The van der Waals surface area contributed by atoms with Crippen LogP contribution < -0.4 is 19.8 Å². The third kappa shape index (κ3) is 3.78. The molecule has 0 atom stereocenters. The summed E-state index contributed by atoms with van der Waals surface area (Å²) in [5.74, 6) is 0.231. The van der Waals surface area contributed by atoms with E-state index in [0.717, 1.165) is 0 Å². The number of anilines is 2. The van der Waals surface area contributed by atoms with Gasteiger partial charge in [0, 0.05) is 11.4 Å². The predicted octanol–water partition coefficient (Wildman–Crippen LogP) is 1.55. The second-order valence-electron chi connectivity index (χ2n) is 3.71. The van der Waals surface area contributed by atoms with Crippen LogP contribution in [0.15, 0.2) is 48.5 Å². The van der Waals surface area contributed by atoms with Gasteiger partial charge in [0.1, 0.15) is 11.5 Å². The largest absolute Gasteiger partial charge is 0.500 e. The van der Waals surface area contributed by atoms with Gasteiger partial charge < -0.3 is 19.8 Å². The fraction of sp³-hybridized carbons (Fsp3) is 0. The summed E-state index contributed by atoms with van der Waals surface area (Å²) in [6.07, 6.45) is 0. The highest BCUT2D eigenvalue weighted by atomic mass is 32.3. The molecule has 2 aromatic rings. The van der Waals surface area contributed by atoms with Crippen molar-refractivity contribution in [3.05, 3.63) is 48.5 Å². The van der Waals surface area contributed by atoms with Crippen LogP contribution >= 0.6 is 0 Å². The van der Waals surface area contributed by atoms with Crippen LogP contribution in [0.1, 0.15) is 0 Å². The average molecular weight is 280 g/mol. The summed E-state index contributed by atoms with van der Waals surface area (Å²) in [6.45, 7) is 0. The summed E-state index contributed by atoms with van der Waals surface area (Å²) in [7, 11) is -4.20. The SMILES string of the molecule is Nc1ccc(OS(=O)(=O)Oc2ccc(N)cc2)cc1. The zero-order valence-electron chi connectivity index (χ0n) is 9.81. The quantitative estimate of drug-likeness (QED) is 0.823. The predicted molar refractivity (Wildman–Crippen MR) is 71.9 cm³/mol. The zero-order valence-corrected chi connectivity index (χ0v) is 10.6. The molecule has 2 rings (SSSR count). The van der Waals surface area contributed by atoms with Crippen LogP contribution in [0.2, 0.25) is 0 Å². The summed E-state index contributed by atoms with van der Waals surface area (Å²) in [5, 5.41) is 0. The molecule has 0 aliphatic carbocycles. The maximum absolute atomic E-state index is 11.6. The zero-order chi connectivity index (χ0) is 13.9. The maximum Gasteiger partial charge on any atom is 0.500 e. The number of hydrogen-bond acceptors (Lipinski definition) is 6. The van der Waals surface area contributed by atoms with Crippen molar-refractivity contribution in [1.29, 1.82) is 0 Å². The van der Waals surface area contributed by atoms with Gasteiger partial charge in [0.2, 0.25) is 0 Å². The Morgan fingerprint density at radius 3 is 1.32 bits per heavy atom. The van der Waals surface area contributed by atoms with E-state index in [1.54, 1.807) is 0 Å². The third-order valence-corrected chi connectivity index (χ3v) is 2.95. The lowest BCUT2D eigenvalue weighted by molar-refractivity contribution is 0.392. The lowest BCUT2D eigenvalue weighted by atomic mass is 10.3. The Bertz CT molecular complexity index is 598. The lowest BCUT2D eigenvalue weighted by Gasteiger charge is -2.08. The molecule has 0 aromatic heterocycles. The van der Waals surface area contributed by atoms with Gasteiger partial charge in [0.05, 0.1) is 0 Å². The van der Waals surface area contributed by atoms with E-state index in [1.807, 2.05) is 0 Å². The summed E-state index contributed by atoms with van der Waals surface area (Å²) < 4.78 is 32.8. The Morgan fingerprint density at radius 1 is 0.684 bits per heavy atom. The first-order valence-electron chi connectivity index (χ1n) is 5.29. The summed E-state index contributed by atoms with van der Waals surface area (Å²) in [4.78, 5) is 0. The fourth-order valence-electron chi connectivity index (χ4n) is 1.30. The average Bonchev–Trinajstić information content (AvgIpc) is 2.34. The third-order valence-electron chi connectivity index (χ3n) is 2.16. The van der Waals surface area contributed by atoms with E-state index in [4.69, 9.17) is 19.8 Å². The highest BCUT2D eigenvalue weighted by Gasteiger charge is 2.15. The molecule has 100 valence electrons. The van der Waals surface area contributed by atoms with E-state index in [2.05, 4.69) is 0 Å². The van der Waals surface area contributed by atoms with Gasteiger partial charge in [-0.05, 0) is 48.5 Å². The first-order valence-corrected chi connectivity index (χ1v) is 6.63. The normalized spacial score (nSPS) is 10.9. The van der Waals surface area contributed by atoms with Gasteiger partial charge in [-0.25, -0.2) is 0 Å². The molecule has 19 heavy (non-hydrogen) atoms. The highest BCUT2D eigenvalue weighted by Crippen LogP contribution is 2.19. The van der Waals surface area contributed by atoms with Gasteiger partial charge in [-0.1, -0.05) is 0 Å². The Balaban J connectivity index is 2.10. The van der Waals surface area contributed by atoms with E-state index >= 15 is 0 Å². The van der Waals surface area contributed by atoms with Crippen molar-refractivity contribution in [2.75, 3.05) is 11.5 Å². The maximum atomic E-state index is 11.6. The minimum atomic E-state index is -4.20. The first-order chi connectivity index (χ1) is 8.94. The van der Waals surface area contributed by atoms with Crippen molar-refractivity contribution in [1.82, 2.24) is 0 Å². The monoisotopic (exact) mass is 280 g/mol. The molecule has 6 nitrogen and oxygen atoms in total. The number of hydrogen-bond donors (Lipinski definition) is 2. The lowest BCUT2D eigenvalue weighted by Crippen LogP contribution is -2.16. The standard InChI is InChI=1S/C12H12N2O4S/c13-9-1-5-11(6-2-9)17-19(15,16)18-12-7-3-10(14)4-8-12/h1-8H,13-14H2. The van der Waals surface area contributed by atoms with Crippen molar-refractivity contribution in [2.24, 2.45) is 0 Å². The minimum Gasteiger partial charge on any atom is -0.399 e. The molecule has 0 radical (unpaired) electrons. The second-order valence-corrected chi connectivity index (χ2v) is 4.86. The Labute approximate surface area is 110 Å². The van der Waals surface area contributed by atoms with Gasteiger partial charge in [0.15, 0.2) is 0 Å². The molecule has 0 saturated carbocycles. The van der Waals surface area contributed by atoms with Gasteiger partial charge in [-0.3, -0.25) is 0 Å². The topological polar surface area (TPSA) is 105 Å². The molecule has 0 aliphatic rings. The number of benzene rings is 2. The van der Waals surface area contributed by atoms with Crippen molar-refractivity contribution >= 4 is 21.8 Å². The Morgan fingerprint density at radius 2 is 1.00 bits per heavy atom. The molecular formula is C12H12N2O4S. The van der Waals surface area contributed by atoms with Crippen LogP contribution in [0.25, 0.3) is 0 Å². The molecule has 7 heteroatoms. The van der Waals surface area contributed by atoms with E-state index in [9.17, 15) is 8.42 Å². The van der Waals surface area contributed by atoms with Crippen molar-refractivity contribution in [3.63, 3.8) is 0 Å². The number of nitrogen functional groups attached to an aromatic ring is 2. The van der Waals surface area contributed by atoms with Crippen LogP contribution in [0, 0.1) is 0 Å². The van der Waals surface area contributed by atoms with Crippen molar-refractivity contribution < 1.29 is 16.8 Å². The minimum absolute atomic E-state index is 0.115. The van der Waals surface area contributed by atoms with Crippen molar-refractivity contribution in [2.45, 2.75) is 0 Å². The Kier molecular flexibility index (Phi) is 3.48. The summed E-state index contributed by atoms with van der Waals surface area (Å²) in [6, 6.07) is 11.8. The molecule has 0 heterocycles. The molecule has 0 unspecified atom stereocenters. The second kappa shape index (κ2) is 5.07. The van der Waals surface area contributed by atoms with Crippen LogP contribution in [0.3, 0.4) is 0 Å². The van der Waals surface area contributed by atoms with E-state index in [0.29, 0.717) is 11.4 Å². The van der Waals surface area contributed by atoms with Gasteiger partial charge in [0.25, 0.3) is 0 Å². The molecule has 4 N–H and O–H groups in total. The van der Waals surface area contributed by atoms with E-state index in [1.165, 1.54) is 48.5 Å². The van der Waals surface area contributed by atoms with Gasteiger partial charge in [-0.15, -0.1) is 8.42 Å². The molecule has 0 amide bonds.